The minimum absolute atomic E-state index is 0.0373. The number of halogens is 1. The molecule has 0 amide bonds. The van der Waals surface area contributed by atoms with E-state index >= 15 is 0 Å². The van der Waals surface area contributed by atoms with E-state index in [0.717, 1.165) is 5.56 Å². The molecule has 1 unspecified atom stereocenters. The van der Waals surface area contributed by atoms with Gasteiger partial charge in [0.2, 0.25) is 0 Å². The molecule has 0 aliphatic heterocycles. The van der Waals surface area contributed by atoms with E-state index in [1.165, 1.54) is 12.1 Å². The predicted octanol–water partition coefficient (Wildman–Crippen LogP) is 3.03. The average molecular weight is 239 g/mol. The molecule has 0 saturated carbocycles. The summed E-state index contributed by atoms with van der Waals surface area (Å²) < 4.78 is 13.1. The van der Waals surface area contributed by atoms with Gasteiger partial charge in [0, 0.05) is 12.6 Å². The highest BCUT2D eigenvalue weighted by Gasteiger charge is 2.22. The number of rotatable bonds is 6. The summed E-state index contributed by atoms with van der Waals surface area (Å²) in [5.74, 6) is -0.225. The molecule has 1 rings (SSSR count). The second-order valence-electron chi connectivity index (χ2n) is 4.59. The van der Waals surface area contributed by atoms with Crippen LogP contribution in [0.1, 0.15) is 45.2 Å². The van der Waals surface area contributed by atoms with Crippen LogP contribution in [0, 0.1) is 5.82 Å². The van der Waals surface area contributed by atoms with E-state index in [1.54, 1.807) is 6.07 Å². The van der Waals surface area contributed by atoms with Crippen LogP contribution in [0.15, 0.2) is 24.3 Å². The monoisotopic (exact) mass is 239 g/mol. The van der Waals surface area contributed by atoms with Crippen molar-refractivity contribution in [1.29, 1.82) is 0 Å². The second-order valence-corrected chi connectivity index (χ2v) is 4.59. The minimum atomic E-state index is -0.665. The van der Waals surface area contributed by atoms with Crippen molar-refractivity contribution in [2.24, 2.45) is 0 Å². The van der Waals surface area contributed by atoms with Crippen molar-refractivity contribution in [2.75, 3.05) is 6.54 Å². The fourth-order valence-corrected chi connectivity index (χ4v) is 1.74. The summed E-state index contributed by atoms with van der Waals surface area (Å²) in [6.07, 6.45) is 1.43. The van der Waals surface area contributed by atoms with E-state index in [2.05, 4.69) is 5.32 Å². The van der Waals surface area contributed by atoms with Gasteiger partial charge in [0.25, 0.3) is 0 Å². The van der Waals surface area contributed by atoms with E-state index in [0.29, 0.717) is 19.4 Å². The van der Waals surface area contributed by atoms with E-state index < -0.39 is 5.60 Å². The fourth-order valence-electron chi connectivity index (χ4n) is 1.74. The third-order valence-electron chi connectivity index (χ3n) is 3.40. The van der Waals surface area contributed by atoms with Crippen LogP contribution in [0.2, 0.25) is 0 Å². The van der Waals surface area contributed by atoms with E-state index in [9.17, 15) is 9.50 Å². The van der Waals surface area contributed by atoms with Crippen LogP contribution in [0.5, 0.6) is 0 Å². The Hall–Kier alpha value is -0.930. The van der Waals surface area contributed by atoms with Gasteiger partial charge in [-0.15, -0.1) is 0 Å². The van der Waals surface area contributed by atoms with Gasteiger partial charge in [-0.3, -0.25) is 0 Å². The molecule has 1 atom stereocenters. The maximum Gasteiger partial charge on any atom is 0.123 e. The van der Waals surface area contributed by atoms with Crippen LogP contribution >= 0.6 is 0 Å². The molecule has 17 heavy (non-hydrogen) atoms. The summed E-state index contributed by atoms with van der Waals surface area (Å²) >= 11 is 0. The van der Waals surface area contributed by atoms with Crippen LogP contribution in [-0.4, -0.2) is 17.3 Å². The Morgan fingerprint density at radius 3 is 2.53 bits per heavy atom. The molecule has 2 nitrogen and oxygen atoms in total. The van der Waals surface area contributed by atoms with Gasteiger partial charge in [-0.25, -0.2) is 4.39 Å². The Labute approximate surface area is 103 Å². The smallest absolute Gasteiger partial charge is 0.123 e. The number of nitrogens with one attached hydrogen (secondary N) is 1. The summed E-state index contributed by atoms with van der Waals surface area (Å²) in [6, 6.07) is 6.58. The summed E-state index contributed by atoms with van der Waals surface area (Å²) in [5.41, 5.74) is 0.237. The molecule has 3 heteroatoms. The van der Waals surface area contributed by atoms with Crippen molar-refractivity contribution in [3.8, 4) is 0 Å². The van der Waals surface area contributed by atoms with E-state index in [1.807, 2.05) is 26.8 Å². The predicted molar refractivity (Wildman–Crippen MR) is 68.3 cm³/mol. The normalized spacial score (nSPS) is 13.7. The zero-order valence-corrected chi connectivity index (χ0v) is 10.8. The molecule has 96 valence electrons. The molecule has 0 aliphatic carbocycles. The molecule has 0 spiro atoms. The van der Waals surface area contributed by atoms with Crippen molar-refractivity contribution in [3.63, 3.8) is 0 Å². The lowest BCUT2D eigenvalue weighted by molar-refractivity contribution is 0.0303. The average Bonchev–Trinajstić information content (AvgIpc) is 2.35. The Bertz CT molecular complexity index is 350. The Morgan fingerprint density at radius 1 is 1.35 bits per heavy atom. The highest BCUT2D eigenvalue weighted by atomic mass is 19.1. The third-order valence-corrected chi connectivity index (χ3v) is 3.40. The molecular formula is C14H22FNO. The van der Waals surface area contributed by atoms with Crippen molar-refractivity contribution < 1.29 is 9.50 Å². The zero-order chi connectivity index (χ0) is 12.9. The fraction of sp³-hybridized carbons (Fsp3) is 0.571. The maximum absolute atomic E-state index is 13.1. The SMILES string of the molecule is CCC(O)(CC)CNC(C)c1cccc(F)c1. The first kappa shape index (κ1) is 14.1. The van der Waals surface area contributed by atoms with Gasteiger partial charge < -0.3 is 10.4 Å². The molecule has 0 saturated heterocycles. The van der Waals surface area contributed by atoms with Gasteiger partial charge in [-0.05, 0) is 37.5 Å². The molecule has 1 aromatic rings. The topological polar surface area (TPSA) is 32.3 Å². The van der Waals surface area contributed by atoms with Gasteiger partial charge in [0.1, 0.15) is 5.82 Å². The van der Waals surface area contributed by atoms with Crippen molar-refractivity contribution >= 4 is 0 Å². The molecule has 0 heterocycles. The maximum atomic E-state index is 13.1. The Balaban J connectivity index is 2.58. The van der Waals surface area contributed by atoms with Crippen LogP contribution in [0.3, 0.4) is 0 Å². The zero-order valence-electron chi connectivity index (χ0n) is 10.8. The van der Waals surface area contributed by atoms with Crippen LogP contribution in [-0.2, 0) is 0 Å². The first-order chi connectivity index (χ1) is 8.00. The molecular weight excluding hydrogens is 217 g/mol. The first-order valence-corrected chi connectivity index (χ1v) is 6.22. The van der Waals surface area contributed by atoms with Gasteiger partial charge in [0.05, 0.1) is 5.60 Å². The highest BCUT2D eigenvalue weighted by Crippen LogP contribution is 2.17. The van der Waals surface area contributed by atoms with Crippen LogP contribution in [0.25, 0.3) is 0 Å². The van der Waals surface area contributed by atoms with E-state index in [4.69, 9.17) is 0 Å². The lowest BCUT2D eigenvalue weighted by Gasteiger charge is -2.27. The summed E-state index contributed by atoms with van der Waals surface area (Å²) in [6.45, 7) is 6.44. The number of aliphatic hydroxyl groups is 1. The van der Waals surface area contributed by atoms with E-state index in [-0.39, 0.29) is 11.9 Å². The molecule has 0 fully saturated rings. The molecule has 0 radical (unpaired) electrons. The quantitative estimate of drug-likeness (QED) is 0.799. The van der Waals surface area contributed by atoms with Gasteiger partial charge >= 0.3 is 0 Å². The Morgan fingerprint density at radius 2 is 2.00 bits per heavy atom. The first-order valence-electron chi connectivity index (χ1n) is 6.22. The molecule has 0 aromatic heterocycles. The van der Waals surface area contributed by atoms with Crippen LogP contribution < -0.4 is 5.32 Å². The van der Waals surface area contributed by atoms with Crippen molar-refractivity contribution in [2.45, 2.75) is 45.3 Å². The summed E-state index contributed by atoms with van der Waals surface area (Å²) in [7, 11) is 0. The number of hydrogen-bond donors (Lipinski definition) is 2. The minimum Gasteiger partial charge on any atom is -0.389 e. The molecule has 1 aromatic carbocycles. The lowest BCUT2D eigenvalue weighted by atomic mass is 9.96. The summed E-state index contributed by atoms with van der Waals surface area (Å²) in [4.78, 5) is 0. The van der Waals surface area contributed by atoms with Gasteiger partial charge in [-0.2, -0.15) is 0 Å². The Kier molecular flexibility index (Phi) is 5.09. The van der Waals surface area contributed by atoms with Crippen LogP contribution in [0.4, 0.5) is 4.39 Å². The van der Waals surface area contributed by atoms with Crippen molar-refractivity contribution in [1.82, 2.24) is 5.32 Å². The van der Waals surface area contributed by atoms with Gasteiger partial charge in [-0.1, -0.05) is 26.0 Å². The van der Waals surface area contributed by atoms with Gasteiger partial charge in [0.15, 0.2) is 0 Å². The second kappa shape index (κ2) is 6.12. The molecule has 2 N–H and O–H groups in total. The molecule has 0 aliphatic rings. The highest BCUT2D eigenvalue weighted by molar-refractivity contribution is 5.19. The molecule has 0 bridgehead atoms. The number of benzene rings is 1. The largest absolute Gasteiger partial charge is 0.389 e. The lowest BCUT2D eigenvalue weighted by Crippen LogP contribution is -2.40. The third kappa shape index (κ3) is 4.10. The van der Waals surface area contributed by atoms with Crippen molar-refractivity contribution in [3.05, 3.63) is 35.6 Å². The number of hydrogen-bond acceptors (Lipinski definition) is 2. The summed E-state index contributed by atoms with van der Waals surface area (Å²) in [5, 5.41) is 13.4. The standard InChI is InChI=1S/C14H22FNO/c1-4-14(17,5-2)10-16-11(3)12-7-6-8-13(15)9-12/h6-9,11,16-17H,4-5,10H2,1-3H3.